The molecule has 0 amide bonds. The third-order valence-electron chi connectivity index (χ3n) is 3.27. The molecule has 1 aromatic heterocycles. The van der Waals surface area contributed by atoms with Gasteiger partial charge in [0, 0.05) is 19.6 Å². The van der Waals surface area contributed by atoms with Crippen LogP contribution in [0.1, 0.15) is 46.2 Å². The minimum atomic E-state index is 0.485. The van der Waals surface area contributed by atoms with Gasteiger partial charge >= 0.3 is 0 Å². The first-order valence-corrected chi connectivity index (χ1v) is 7.30. The van der Waals surface area contributed by atoms with Crippen LogP contribution in [0.3, 0.4) is 0 Å². The second-order valence-corrected chi connectivity index (χ2v) is 5.65. The molecule has 0 saturated heterocycles. The summed E-state index contributed by atoms with van der Waals surface area (Å²) in [6, 6.07) is 4.61. The van der Waals surface area contributed by atoms with Crippen molar-refractivity contribution in [3.8, 4) is 0 Å². The van der Waals surface area contributed by atoms with E-state index in [1.54, 1.807) is 0 Å². The van der Waals surface area contributed by atoms with Crippen molar-refractivity contribution in [1.29, 1.82) is 0 Å². The lowest BCUT2D eigenvalue weighted by Crippen LogP contribution is -2.31. The van der Waals surface area contributed by atoms with Crippen molar-refractivity contribution < 1.29 is 0 Å². The lowest BCUT2D eigenvalue weighted by atomic mass is 10.0. The molecule has 1 unspecified atom stereocenters. The minimum absolute atomic E-state index is 0.485. The highest BCUT2D eigenvalue weighted by Gasteiger charge is 2.13. The van der Waals surface area contributed by atoms with Crippen molar-refractivity contribution in [2.24, 2.45) is 5.92 Å². The molecule has 1 heterocycles. The zero-order chi connectivity index (χ0) is 14.3. The molecular formula is C15H28N4. The average molecular weight is 264 g/mol. The molecule has 0 bridgehead atoms. The van der Waals surface area contributed by atoms with Crippen molar-refractivity contribution >= 4 is 5.82 Å². The van der Waals surface area contributed by atoms with Gasteiger partial charge in [0.1, 0.15) is 0 Å². The van der Waals surface area contributed by atoms with Gasteiger partial charge in [-0.05, 0) is 44.4 Å². The van der Waals surface area contributed by atoms with Gasteiger partial charge in [-0.1, -0.05) is 20.8 Å². The van der Waals surface area contributed by atoms with Crippen LogP contribution in [0.4, 0.5) is 5.82 Å². The van der Waals surface area contributed by atoms with Crippen LogP contribution in [-0.4, -0.2) is 29.8 Å². The molecule has 0 aliphatic rings. The van der Waals surface area contributed by atoms with E-state index < -0.39 is 0 Å². The van der Waals surface area contributed by atoms with Crippen LogP contribution in [0.25, 0.3) is 0 Å². The zero-order valence-corrected chi connectivity index (χ0v) is 13.0. The smallest absolute Gasteiger partial charge is 0.151 e. The molecular weight excluding hydrogens is 236 g/mol. The molecule has 0 spiro atoms. The summed E-state index contributed by atoms with van der Waals surface area (Å²) >= 11 is 0. The molecule has 1 atom stereocenters. The molecule has 0 aliphatic carbocycles. The van der Waals surface area contributed by atoms with E-state index in [9.17, 15) is 0 Å². The quantitative estimate of drug-likeness (QED) is 0.733. The average Bonchev–Trinajstić information content (AvgIpc) is 2.38. The Balaban J connectivity index is 2.54. The van der Waals surface area contributed by atoms with Crippen LogP contribution in [0, 0.1) is 5.92 Å². The van der Waals surface area contributed by atoms with Crippen molar-refractivity contribution in [2.45, 2.75) is 53.1 Å². The maximum atomic E-state index is 4.32. The maximum Gasteiger partial charge on any atom is 0.151 e. The van der Waals surface area contributed by atoms with E-state index in [-0.39, 0.29) is 0 Å². The summed E-state index contributed by atoms with van der Waals surface area (Å²) in [6.07, 6.45) is 2.30. The number of anilines is 1. The van der Waals surface area contributed by atoms with Gasteiger partial charge in [-0.15, -0.1) is 5.10 Å². The molecule has 0 aromatic carbocycles. The Labute approximate surface area is 117 Å². The number of hydrogen-bond acceptors (Lipinski definition) is 4. The SMILES string of the molecule is CCCNCc1ccc(N(C)C(C)CC(C)C)nn1. The third kappa shape index (κ3) is 5.55. The van der Waals surface area contributed by atoms with Crippen molar-refractivity contribution in [2.75, 3.05) is 18.5 Å². The summed E-state index contributed by atoms with van der Waals surface area (Å²) in [6.45, 7) is 10.7. The molecule has 1 rings (SSSR count). The van der Waals surface area contributed by atoms with Crippen LogP contribution in [0.5, 0.6) is 0 Å². The molecule has 0 aliphatic heterocycles. The number of hydrogen-bond donors (Lipinski definition) is 1. The Morgan fingerprint density at radius 1 is 1.21 bits per heavy atom. The van der Waals surface area contributed by atoms with Crippen LogP contribution < -0.4 is 10.2 Å². The molecule has 1 aromatic rings. The fraction of sp³-hybridized carbons (Fsp3) is 0.733. The summed E-state index contributed by atoms with van der Waals surface area (Å²) in [5, 5.41) is 11.9. The van der Waals surface area contributed by atoms with Gasteiger partial charge in [0.2, 0.25) is 0 Å². The summed E-state index contributed by atoms with van der Waals surface area (Å²) in [7, 11) is 2.09. The lowest BCUT2D eigenvalue weighted by Gasteiger charge is -2.26. The van der Waals surface area contributed by atoms with Crippen LogP contribution in [0.2, 0.25) is 0 Å². The highest BCUT2D eigenvalue weighted by molar-refractivity contribution is 5.37. The van der Waals surface area contributed by atoms with E-state index >= 15 is 0 Å². The van der Waals surface area contributed by atoms with Crippen molar-refractivity contribution in [3.05, 3.63) is 17.8 Å². The first kappa shape index (κ1) is 15.9. The van der Waals surface area contributed by atoms with Gasteiger partial charge in [-0.3, -0.25) is 0 Å². The summed E-state index contributed by atoms with van der Waals surface area (Å²) in [5.41, 5.74) is 1.00. The topological polar surface area (TPSA) is 41.0 Å². The number of aromatic nitrogens is 2. The Hall–Kier alpha value is -1.16. The predicted molar refractivity (Wildman–Crippen MR) is 81.3 cm³/mol. The van der Waals surface area contributed by atoms with Gasteiger partial charge in [-0.2, -0.15) is 5.10 Å². The van der Waals surface area contributed by atoms with E-state index in [0.717, 1.165) is 37.4 Å². The van der Waals surface area contributed by atoms with Gasteiger partial charge in [0.05, 0.1) is 5.69 Å². The van der Waals surface area contributed by atoms with Crippen LogP contribution in [-0.2, 0) is 6.54 Å². The Morgan fingerprint density at radius 2 is 1.95 bits per heavy atom. The normalized spacial score (nSPS) is 12.7. The van der Waals surface area contributed by atoms with Gasteiger partial charge in [0.25, 0.3) is 0 Å². The third-order valence-corrected chi connectivity index (χ3v) is 3.27. The number of nitrogens with one attached hydrogen (secondary N) is 1. The summed E-state index contributed by atoms with van der Waals surface area (Å²) in [4.78, 5) is 2.20. The van der Waals surface area contributed by atoms with E-state index in [4.69, 9.17) is 0 Å². The Kier molecular flexibility index (Phi) is 6.78. The maximum absolute atomic E-state index is 4.32. The van der Waals surface area contributed by atoms with E-state index in [0.29, 0.717) is 12.0 Å². The monoisotopic (exact) mass is 264 g/mol. The molecule has 19 heavy (non-hydrogen) atoms. The van der Waals surface area contributed by atoms with E-state index in [1.807, 2.05) is 0 Å². The molecule has 1 N–H and O–H groups in total. The summed E-state index contributed by atoms with van der Waals surface area (Å²) < 4.78 is 0. The van der Waals surface area contributed by atoms with Crippen LogP contribution in [0.15, 0.2) is 12.1 Å². The molecule has 4 heteroatoms. The molecule has 108 valence electrons. The second-order valence-electron chi connectivity index (χ2n) is 5.65. The lowest BCUT2D eigenvalue weighted by molar-refractivity contribution is 0.501. The fourth-order valence-electron chi connectivity index (χ4n) is 2.09. The van der Waals surface area contributed by atoms with Gasteiger partial charge in [-0.25, -0.2) is 0 Å². The Morgan fingerprint density at radius 3 is 2.47 bits per heavy atom. The molecule has 4 nitrogen and oxygen atoms in total. The number of nitrogens with zero attached hydrogens (tertiary/aromatic N) is 3. The predicted octanol–water partition coefficient (Wildman–Crippen LogP) is 2.85. The second kappa shape index (κ2) is 8.10. The first-order chi connectivity index (χ1) is 9.04. The van der Waals surface area contributed by atoms with Gasteiger partial charge < -0.3 is 10.2 Å². The molecule has 0 radical (unpaired) electrons. The van der Waals surface area contributed by atoms with Gasteiger partial charge in [0.15, 0.2) is 5.82 Å². The standard InChI is InChI=1S/C15H28N4/c1-6-9-16-11-14-7-8-15(18-17-14)19(5)13(4)10-12(2)3/h7-8,12-13,16H,6,9-11H2,1-5H3. The molecule has 0 saturated carbocycles. The Bertz CT molecular complexity index is 348. The minimum Gasteiger partial charge on any atom is -0.355 e. The zero-order valence-electron chi connectivity index (χ0n) is 13.0. The summed E-state index contributed by atoms with van der Waals surface area (Å²) in [5.74, 6) is 1.65. The van der Waals surface area contributed by atoms with Crippen LogP contribution >= 0.6 is 0 Å². The fourth-order valence-corrected chi connectivity index (χ4v) is 2.09. The highest BCUT2D eigenvalue weighted by Crippen LogP contribution is 2.16. The largest absolute Gasteiger partial charge is 0.355 e. The highest BCUT2D eigenvalue weighted by atomic mass is 15.3. The first-order valence-electron chi connectivity index (χ1n) is 7.30. The van der Waals surface area contributed by atoms with Crippen molar-refractivity contribution in [1.82, 2.24) is 15.5 Å². The molecule has 0 fully saturated rings. The van der Waals surface area contributed by atoms with Crippen molar-refractivity contribution in [3.63, 3.8) is 0 Å². The van der Waals surface area contributed by atoms with E-state index in [1.165, 1.54) is 0 Å². The van der Waals surface area contributed by atoms with E-state index in [2.05, 4.69) is 67.3 Å². The number of rotatable bonds is 8.